The van der Waals surface area contributed by atoms with Gasteiger partial charge in [-0.3, -0.25) is 0 Å². The van der Waals surface area contributed by atoms with Crippen LogP contribution in [0.25, 0.3) is 0 Å². The maximum Gasteiger partial charge on any atom is 0.416 e. The molecular weight excluding hydrogens is 328 g/mol. The fraction of sp³-hybridized carbons (Fsp3) is 0.333. The predicted octanol–water partition coefficient (Wildman–Crippen LogP) is 6.46. The Morgan fingerprint density at radius 2 is 1.44 bits per heavy atom. The maximum absolute atomic E-state index is 13.0. The highest BCUT2D eigenvalue weighted by Crippen LogP contribution is 2.30. The van der Waals surface area contributed by atoms with Gasteiger partial charge in [-0.2, -0.15) is 13.2 Å². The van der Waals surface area contributed by atoms with Gasteiger partial charge in [0.25, 0.3) is 0 Å². The third-order valence-electron chi connectivity index (χ3n) is 4.60. The molecule has 0 aliphatic rings. The van der Waals surface area contributed by atoms with Crippen LogP contribution >= 0.6 is 0 Å². The number of alkyl halides is 3. The first-order chi connectivity index (χ1) is 11.8. The van der Waals surface area contributed by atoms with E-state index in [9.17, 15) is 17.6 Å². The average molecular weight is 350 g/mol. The molecule has 0 radical (unpaired) electrons. The second-order valence-corrected chi connectivity index (χ2v) is 6.30. The van der Waals surface area contributed by atoms with Crippen LogP contribution in [0.5, 0.6) is 0 Å². The van der Waals surface area contributed by atoms with Gasteiger partial charge in [0.1, 0.15) is 5.82 Å². The number of halogens is 4. The SMILES string of the molecule is C=C[C@H](Cc1ccc(C(F)(F)F)cc1)[C@H](CC)Cc1ccc(F)cc1. The number of hydrogen-bond acceptors (Lipinski definition) is 0. The third-order valence-corrected chi connectivity index (χ3v) is 4.60. The quantitative estimate of drug-likeness (QED) is 0.397. The molecule has 0 aliphatic heterocycles. The van der Waals surface area contributed by atoms with E-state index in [-0.39, 0.29) is 11.7 Å². The van der Waals surface area contributed by atoms with Crippen molar-refractivity contribution in [3.8, 4) is 0 Å². The summed E-state index contributed by atoms with van der Waals surface area (Å²) in [6.07, 6.45) is -0.107. The van der Waals surface area contributed by atoms with Crippen molar-refractivity contribution in [1.82, 2.24) is 0 Å². The minimum absolute atomic E-state index is 0.145. The molecule has 2 rings (SSSR count). The lowest BCUT2D eigenvalue weighted by atomic mass is 9.81. The summed E-state index contributed by atoms with van der Waals surface area (Å²) in [7, 11) is 0. The first kappa shape index (κ1) is 19.2. The van der Waals surface area contributed by atoms with Crippen molar-refractivity contribution in [3.63, 3.8) is 0 Å². The molecule has 0 aromatic heterocycles. The fourth-order valence-corrected chi connectivity index (χ4v) is 3.07. The molecule has 0 saturated heterocycles. The summed E-state index contributed by atoms with van der Waals surface area (Å²) in [4.78, 5) is 0. The van der Waals surface area contributed by atoms with E-state index in [4.69, 9.17) is 0 Å². The van der Waals surface area contributed by atoms with Gasteiger partial charge in [-0.15, -0.1) is 6.58 Å². The van der Waals surface area contributed by atoms with E-state index < -0.39 is 11.7 Å². The minimum Gasteiger partial charge on any atom is -0.207 e. The van der Waals surface area contributed by atoms with E-state index >= 15 is 0 Å². The van der Waals surface area contributed by atoms with E-state index in [1.165, 1.54) is 24.3 Å². The largest absolute Gasteiger partial charge is 0.416 e. The van der Waals surface area contributed by atoms with E-state index in [2.05, 4.69) is 13.5 Å². The Bertz CT molecular complexity index is 669. The Labute approximate surface area is 146 Å². The average Bonchev–Trinajstić information content (AvgIpc) is 2.59. The first-order valence-electron chi connectivity index (χ1n) is 8.36. The molecule has 0 N–H and O–H groups in total. The molecule has 0 aliphatic carbocycles. The molecule has 0 amide bonds. The van der Waals surface area contributed by atoms with Crippen molar-refractivity contribution in [2.75, 3.05) is 0 Å². The summed E-state index contributed by atoms with van der Waals surface area (Å²) in [5.41, 5.74) is 1.27. The maximum atomic E-state index is 13.0. The highest BCUT2D eigenvalue weighted by molar-refractivity contribution is 5.25. The Hall–Kier alpha value is -2.10. The summed E-state index contributed by atoms with van der Waals surface area (Å²) >= 11 is 0. The molecule has 0 nitrogen and oxygen atoms in total. The van der Waals surface area contributed by atoms with Crippen LogP contribution < -0.4 is 0 Å². The van der Waals surface area contributed by atoms with Crippen molar-refractivity contribution in [1.29, 1.82) is 0 Å². The van der Waals surface area contributed by atoms with Gasteiger partial charge in [0.05, 0.1) is 5.56 Å². The molecule has 0 spiro atoms. The van der Waals surface area contributed by atoms with E-state index in [1.54, 1.807) is 12.1 Å². The normalized spacial score (nSPS) is 14.1. The van der Waals surface area contributed by atoms with Crippen LogP contribution in [0.3, 0.4) is 0 Å². The lowest BCUT2D eigenvalue weighted by molar-refractivity contribution is -0.137. The molecule has 25 heavy (non-hydrogen) atoms. The van der Waals surface area contributed by atoms with Crippen LogP contribution in [0, 0.1) is 17.7 Å². The smallest absolute Gasteiger partial charge is 0.207 e. The Morgan fingerprint density at radius 3 is 1.92 bits per heavy atom. The topological polar surface area (TPSA) is 0 Å². The summed E-state index contributed by atoms with van der Waals surface area (Å²) in [5.74, 6) is 0.180. The van der Waals surface area contributed by atoms with Crippen molar-refractivity contribution in [2.24, 2.45) is 11.8 Å². The van der Waals surface area contributed by atoms with Crippen LogP contribution in [-0.4, -0.2) is 0 Å². The molecule has 0 fully saturated rings. The number of rotatable bonds is 7. The third kappa shape index (κ3) is 5.45. The van der Waals surface area contributed by atoms with Crippen molar-refractivity contribution < 1.29 is 17.6 Å². The first-order valence-corrected chi connectivity index (χ1v) is 8.36. The molecule has 2 aromatic carbocycles. The summed E-state index contributed by atoms with van der Waals surface area (Å²) in [5, 5.41) is 0. The zero-order chi connectivity index (χ0) is 18.4. The molecule has 2 atom stereocenters. The Kier molecular flexibility index (Phi) is 6.40. The van der Waals surface area contributed by atoms with E-state index in [0.29, 0.717) is 12.3 Å². The van der Waals surface area contributed by atoms with Crippen LogP contribution in [0.4, 0.5) is 17.6 Å². The summed E-state index contributed by atoms with van der Waals surface area (Å²) in [6.45, 7) is 5.98. The summed E-state index contributed by atoms with van der Waals surface area (Å²) in [6, 6.07) is 11.7. The monoisotopic (exact) mass is 350 g/mol. The molecule has 0 bridgehead atoms. The number of benzene rings is 2. The van der Waals surface area contributed by atoms with Crippen LogP contribution in [0.15, 0.2) is 61.2 Å². The number of hydrogen-bond donors (Lipinski definition) is 0. The molecule has 0 heterocycles. The van der Waals surface area contributed by atoms with Gasteiger partial charge in [0.15, 0.2) is 0 Å². The van der Waals surface area contributed by atoms with Gasteiger partial charge < -0.3 is 0 Å². The fourth-order valence-electron chi connectivity index (χ4n) is 3.07. The molecular formula is C21H22F4. The van der Waals surface area contributed by atoms with Crippen molar-refractivity contribution in [2.45, 2.75) is 32.4 Å². The Morgan fingerprint density at radius 1 is 0.920 bits per heavy atom. The zero-order valence-corrected chi connectivity index (χ0v) is 14.2. The summed E-state index contributed by atoms with van der Waals surface area (Å²) < 4.78 is 51.0. The van der Waals surface area contributed by atoms with Gasteiger partial charge >= 0.3 is 6.18 Å². The molecule has 0 saturated carbocycles. The highest BCUT2D eigenvalue weighted by atomic mass is 19.4. The van der Waals surface area contributed by atoms with Crippen LogP contribution in [0.1, 0.15) is 30.0 Å². The predicted molar refractivity (Wildman–Crippen MR) is 92.7 cm³/mol. The molecule has 2 aromatic rings. The number of allylic oxidation sites excluding steroid dienone is 1. The highest BCUT2D eigenvalue weighted by Gasteiger charge is 2.30. The van der Waals surface area contributed by atoms with Crippen LogP contribution in [-0.2, 0) is 19.0 Å². The van der Waals surface area contributed by atoms with Gasteiger partial charge in [0, 0.05) is 0 Å². The van der Waals surface area contributed by atoms with E-state index in [0.717, 1.165) is 36.1 Å². The van der Waals surface area contributed by atoms with Gasteiger partial charge in [0.2, 0.25) is 0 Å². The van der Waals surface area contributed by atoms with Gasteiger partial charge in [-0.1, -0.05) is 43.7 Å². The second kappa shape index (κ2) is 8.32. The van der Waals surface area contributed by atoms with Gasteiger partial charge in [-0.05, 0) is 60.1 Å². The zero-order valence-electron chi connectivity index (χ0n) is 14.2. The minimum atomic E-state index is -4.31. The lowest BCUT2D eigenvalue weighted by Crippen LogP contribution is -2.17. The van der Waals surface area contributed by atoms with Crippen LogP contribution in [0.2, 0.25) is 0 Å². The lowest BCUT2D eigenvalue weighted by Gasteiger charge is -2.24. The van der Waals surface area contributed by atoms with E-state index in [1.807, 2.05) is 6.08 Å². The second-order valence-electron chi connectivity index (χ2n) is 6.30. The van der Waals surface area contributed by atoms with Gasteiger partial charge in [-0.25, -0.2) is 4.39 Å². The standard InChI is InChI=1S/C21H22F4/c1-3-17(13-15-5-9-19(10-6-15)21(23,24)25)18(4-2)14-16-7-11-20(22)12-8-16/h3,5-12,17-18H,1,4,13-14H2,2H3/t17-,18-/m1/s1. The molecule has 134 valence electrons. The Balaban J connectivity index is 2.08. The van der Waals surface area contributed by atoms with Crippen molar-refractivity contribution in [3.05, 3.63) is 83.7 Å². The molecule has 4 heteroatoms. The molecule has 0 unspecified atom stereocenters. The van der Waals surface area contributed by atoms with Crippen molar-refractivity contribution >= 4 is 0 Å².